The van der Waals surface area contributed by atoms with E-state index in [0.717, 1.165) is 5.69 Å². The molecule has 4 heteroatoms. The van der Waals surface area contributed by atoms with Crippen molar-refractivity contribution in [2.24, 2.45) is 5.73 Å². The summed E-state index contributed by atoms with van der Waals surface area (Å²) < 4.78 is 1.62. The Bertz CT molecular complexity index is 299. The molecule has 0 saturated carbocycles. The van der Waals surface area contributed by atoms with Gasteiger partial charge < -0.3 is 15.7 Å². The lowest BCUT2D eigenvalue weighted by atomic mass is 10.4. The van der Waals surface area contributed by atoms with Crippen molar-refractivity contribution in [2.75, 3.05) is 19.0 Å². The second kappa shape index (κ2) is 3.80. The predicted molar refractivity (Wildman–Crippen MR) is 49.4 cm³/mol. The average Bonchev–Trinajstić information content (AvgIpc) is 2.04. The maximum absolute atomic E-state index is 10.5. The highest BCUT2D eigenvalue weighted by atomic mass is 16.3. The summed E-state index contributed by atoms with van der Waals surface area (Å²) in [6.07, 6.45) is 4.87. The van der Waals surface area contributed by atoms with Crippen LogP contribution in [0.3, 0.4) is 0 Å². The second-order valence-corrected chi connectivity index (χ2v) is 2.93. The highest BCUT2D eigenvalue weighted by Gasteiger charge is 1.97. The van der Waals surface area contributed by atoms with Gasteiger partial charge in [-0.25, -0.2) is 0 Å². The molecule has 1 heterocycles. The molecular formula is C9H13N3O. The number of nitrogens with zero attached hydrogens (tertiary/aromatic N) is 2. The summed E-state index contributed by atoms with van der Waals surface area (Å²) in [6.45, 7) is 0. The summed E-state index contributed by atoms with van der Waals surface area (Å²) in [5, 5.41) is 10.5. The molecule has 0 unspecified atom stereocenters. The van der Waals surface area contributed by atoms with Crippen molar-refractivity contribution in [3.63, 3.8) is 0 Å². The van der Waals surface area contributed by atoms with Gasteiger partial charge in [-0.3, -0.25) is 0 Å². The van der Waals surface area contributed by atoms with Crippen molar-refractivity contribution in [1.29, 1.82) is 0 Å². The van der Waals surface area contributed by atoms with Gasteiger partial charge in [-0.1, -0.05) is 0 Å². The maximum Gasteiger partial charge on any atom is 0.182 e. The Morgan fingerprint density at radius 1 is 1.46 bits per heavy atom. The van der Waals surface area contributed by atoms with Crippen molar-refractivity contribution in [3.05, 3.63) is 30.4 Å². The van der Waals surface area contributed by atoms with Crippen LogP contribution in [0.4, 0.5) is 5.69 Å². The summed E-state index contributed by atoms with van der Waals surface area (Å²) in [6, 6.07) is 3.80. The van der Waals surface area contributed by atoms with Crippen LogP contribution in [0.15, 0.2) is 30.4 Å². The number of aromatic nitrogens is 1. The van der Waals surface area contributed by atoms with Crippen molar-refractivity contribution in [1.82, 2.24) is 0 Å². The fraction of sp³-hybridized carbons (Fsp3) is 0.222. The third-order valence-electron chi connectivity index (χ3n) is 1.63. The van der Waals surface area contributed by atoms with Gasteiger partial charge in [0, 0.05) is 37.8 Å². The van der Waals surface area contributed by atoms with Crippen LogP contribution < -0.4 is 20.3 Å². The van der Waals surface area contributed by atoms with Crippen molar-refractivity contribution in [3.8, 4) is 0 Å². The molecule has 0 aliphatic carbocycles. The summed E-state index contributed by atoms with van der Waals surface area (Å²) in [5.74, 6) is -0.456. The van der Waals surface area contributed by atoms with Gasteiger partial charge in [-0.2, -0.15) is 4.57 Å². The Morgan fingerprint density at radius 2 is 2.00 bits per heavy atom. The number of rotatable bonds is 2. The predicted octanol–water partition coefficient (Wildman–Crippen LogP) is -0.885. The largest absolute Gasteiger partial charge is 0.856 e. The van der Waals surface area contributed by atoms with E-state index in [9.17, 15) is 5.11 Å². The standard InChI is InChI=1S/C9H13N3O/c1-11(2)8-3-5-12(6-4-8)7-9(10)13/h3-7H,10H2,1-2H3/b9-7-. The molecule has 0 atom stereocenters. The Labute approximate surface area is 77.5 Å². The van der Waals surface area contributed by atoms with E-state index >= 15 is 0 Å². The first kappa shape index (κ1) is 9.38. The summed E-state index contributed by atoms with van der Waals surface area (Å²) in [5.41, 5.74) is 6.07. The molecule has 0 aliphatic rings. The molecule has 4 nitrogen and oxygen atoms in total. The molecule has 2 N–H and O–H groups in total. The quantitative estimate of drug-likeness (QED) is 0.473. The topological polar surface area (TPSA) is 56.2 Å². The number of anilines is 1. The molecule has 1 aromatic heterocycles. The lowest BCUT2D eigenvalue weighted by Crippen LogP contribution is -2.29. The molecule has 0 aromatic carbocycles. The van der Waals surface area contributed by atoms with E-state index in [1.54, 1.807) is 17.0 Å². The zero-order valence-electron chi connectivity index (χ0n) is 7.77. The van der Waals surface area contributed by atoms with Crippen LogP contribution in [0.2, 0.25) is 0 Å². The molecule has 70 valence electrons. The Morgan fingerprint density at radius 3 is 2.38 bits per heavy atom. The van der Waals surface area contributed by atoms with Crippen molar-refractivity contribution < 1.29 is 9.67 Å². The first-order chi connectivity index (χ1) is 6.09. The van der Waals surface area contributed by atoms with Gasteiger partial charge in [0.2, 0.25) is 0 Å². The van der Waals surface area contributed by atoms with Gasteiger partial charge in [0.15, 0.2) is 18.6 Å². The molecule has 1 rings (SSSR count). The first-order valence-corrected chi connectivity index (χ1v) is 3.92. The number of pyridine rings is 1. The third kappa shape index (κ3) is 2.66. The zero-order chi connectivity index (χ0) is 9.84. The van der Waals surface area contributed by atoms with E-state index in [4.69, 9.17) is 5.73 Å². The molecule has 0 radical (unpaired) electrons. The van der Waals surface area contributed by atoms with Crippen LogP contribution in [-0.2, 0) is 0 Å². The van der Waals surface area contributed by atoms with Crippen LogP contribution in [0.25, 0.3) is 6.20 Å². The summed E-state index contributed by atoms with van der Waals surface area (Å²) >= 11 is 0. The van der Waals surface area contributed by atoms with E-state index < -0.39 is 5.88 Å². The molecule has 1 aromatic rings. The zero-order valence-corrected chi connectivity index (χ0v) is 7.77. The molecule has 0 aliphatic heterocycles. The van der Waals surface area contributed by atoms with E-state index in [0.29, 0.717) is 0 Å². The summed E-state index contributed by atoms with van der Waals surface area (Å²) in [7, 11) is 3.91. The minimum Gasteiger partial charge on any atom is -0.856 e. The van der Waals surface area contributed by atoms with E-state index in [2.05, 4.69) is 0 Å². The van der Waals surface area contributed by atoms with Gasteiger partial charge in [0.1, 0.15) is 0 Å². The highest BCUT2D eigenvalue weighted by Crippen LogP contribution is 2.05. The minimum atomic E-state index is -0.456. The van der Waals surface area contributed by atoms with Gasteiger partial charge in [-0.05, 0) is 0 Å². The number of hydrogen-bond acceptors (Lipinski definition) is 3. The van der Waals surface area contributed by atoms with Crippen molar-refractivity contribution >= 4 is 11.9 Å². The van der Waals surface area contributed by atoms with Crippen LogP contribution in [0.1, 0.15) is 0 Å². The summed E-state index contributed by atoms with van der Waals surface area (Å²) in [4.78, 5) is 1.98. The van der Waals surface area contributed by atoms with Crippen LogP contribution in [0.5, 0.6) is 0 Å². The van der Waals surface area contributed by atoms with E-state index in [1.807, 2.05) is 31.1 Å². The minimum absolute atomic E-state index is 0.456. The number of nitrogens with two attached hydrogens (primary N) is 1. The molecule has 0 fully saturated rings. The molecule has 0 saturated heterocycles. The normalized spacial score (nSPS) is 11.4. The maximum atomic E-state index is 10.5. The fourth-order valence-corrected chi connectivity index (χ4v) is 0.961. The molecular weight excluding hydrogens is 166 g/mol. The second-order valence-electron chi connectivity index (χ2n) is 2.93. The lowest BCUT2D eigenvalue weighted by Gasteiger charge is -2.10. The third-order valence-corrected chi connectivity index (χ3v) is 1.63. The van der Waals surface area contributed by atoms with Gasteiger partial charge in [-0.15, -0.1) is 0 Å². The molecule has 0 spiro atoms. The molecule has 0 bridgehead atoms. The van der Waals surface area contributed by atoms with Crippen molar-refractivity contribution in [2.45, 2.75) is 0 Å². The van der Waals surface area contributed by atoms with E-state index in [1.165, 1.54) is 6.20 Å². The molecule has 0 amide bonds. The Hall–Kier alpha value is -1.71. The SMILES string of the molecule is CN(C)c1cc[n+](/C=C(/N)[O-])cc1. The average molecular weight is 179 g/mol. The number of hydrogen-bond donors (Lipinski definition) is 1. The van der Waals surface area contributed by atoms with Crippen LogP contribution in [-0.4, -0.2) is 14.1 Å². The first-order valence-electron chi connectivity index (χ1n) is 3.92. The smallest absolute Gasteiger partial charge is 0.182 e. The van der Waals surface area contributed by atoms with E-state index in [-0.39, 0.29) is 0 Å². The lowest BCUT2D eigenvalue weighted by molar-refractivity contribution is -0.573. The highest BCUT2D eigenvalue weighted by molar-refractivity contribution is 5.41. The van der Waals surface area contributed by atoms with Crippen LogP contribution in [0, 0.1) is 0 Å². The fourth-order valence-electron chi connectivity index (χ4n) is 0.961. The Kier molecular flexibility index (Phi) is 2.74. The molecule has 13 heavy (non-hydrogen) atoms. The Balaban J connectivity index is 2.88. The van der Waals surface area contributed by atoms with Gasteiger partial charge >= 0.3 is 0 Å². The monoisotopic (exact) mass is 179 g/mol. The van der Waals surface area contributed by atoms with Gasteiger partial charge in [0.25, 0.3) is 0 Å². The van der Waals surface area contributed by atoms with Crippen LogP contribution >= 0.6 is 0 Å². The van der Waals surface area contributed by atoms with Gasteiger partial charge in [0.05, 0.1) is 0 Å².